The van der Waals surface area contributed by atoms with Crippen LogP contribution in [0.1, 0.15) is 19.0 Å². The first-order valence-electron chi connectivity index (χ1n) is 5.29. The smallest absolute Gasteiger partial charge is 0.256 e. The largest absolute Gasteiger partial charge is 0.370 e. The van der Waals surface area contributed by atoms with E-state index in [-0.39, 0.29) is 12.5 Å². The van der Waals surface area contributed by atoms with E-state index in [9.17, 15) is 4.79 Å². The van der Waals surface area contributed by atoms with Gasteiger partial charge in [-0.3, -0.25) is 9.89 Å². The first-order valence-corrected chi connectivity index (χ1v) is 5.29. The molecule has 0 aromatic carbocycles. The highest BCUT2D eigenvalue weighted by Crippen LogP contribution is 2.07. The molecule has 0 saturated carbocycles. The fraction of sp³-hybridized carbons (Fsp3) is 0.600. The summed E-state index contributed by atoms with van der Waals surface area (Å²) in [5, 5.41) is 9.46. The maximum absolute atomic E-state index is 11.6. The lowest BCUT2D eigenvalue weighted by atomic mass is 10.2. The van der Waals surface area contributed by atoms with Gasteiger partial charge in [0.1, 0.15) is 6.10 Å². The van der Waals surface area contributed by atoms with Crippen molar-refractivity contribution >= 4 is 11.7 Å². The highest BCUT2D eigenvalue weighted by atomic mass is 16.5. The molecule has 6 nitrogen and oxygen atoms in total. The molecule has 6 heteroatoms. The molecule has 1 atom stereocenters. The van der Waals surface area contributed by atoms with Gasteiger partial charge < -0.3 is 15.8 Å². The summed E-state index contributed by atoms with van der Waals surface area (Å²) >= 11 is 0. The molecule has 0 fully saturated rings. The number of carbonyl (C=O) groups excluding carboxylic acids is 1. The number of nitrogens with two attached hydrogens (primary N) is 1. The highest BCUT2D eigenvalue weighted by molar-refractivity contribution is 5.93. The minimum atomic E-state index is -0.633. The number of ether oxygens (including phenoxy) is 1. The Bertz CT molecular complexity index is 333. The zero-order chi connectivity index (χ0) is 12.0. The van der Waals surface area contributed by atoms with Crippen LogP contribution in [0.2, 0.25) is 0 Å². The number of nitrogens with one attached hydrogen (secondary N) is 2. The SMILES string of the molecule is CCCc1cc(NC(=O)C(CN)OC)n[nH]1. The molecule has 4 N–H and O–H groups in total. The van der Waals surface area contributed by atoms with Gasteiger partial charge in [-0.1, -0.05) is 13.3 Å². The van der Waals surface area contributed by atoms with Gasteiger partial charge in [-0.05, 0) is 6.42 Å². The zero-order valence-electron chi connectivity index (χ0n) is 9.62. The number of anilines is 1. The highest BCUT2D eigenvalue weighted by Gasteiger charge is 2.16. The Morgan fingerprint density at radius 3 is 3.06 bits per heavy atom. The van der Waals surface area contributed by atoms with E-state index >= 15 is 0 Å². The van der Waals surface area contributed by atoms with Crippen molar-refractivity contribution in [1.29, 1.82) is 0 Å². The molecule has 0 radical (unpaired) electrons. The maximum atomic E-state index is 11.6. The molecule has 1 heterocycles. The van der Waals surface area contributed by atoms with E-state index in [1.807, 2.05) is 6.07 Å². The van der Waals surface area contributed by atoms with Gasteiger partial charge in [-0.2, -0.15) is 5.10 Å². The second-order valence-electron chi connectivity index (χ2n) is 3.48. The maximum Gasteiger partial charge on any atom is 0.256 e. The lowest BCUT2D eigenvalue weighted by Gasteiger charge is -2.10. The lowest BCUT2D eigenvalue weighted by Crippen LogP contribution is -2.36. The molecule has 0 aliphatic rings. The van der Waals surface area contributed by atoms with Crippen LogP contribution in [0.5, 0.6) is 0 Å². The first kappa shape index (κ1) is 12.7. The van der Waals surface area contributed by atoms with E-state index in [4.69, 9.17) is 10.5 Å². The predicted molar refractivity (Wildman–Crippen MR) is 61.1 cm³/mol. The molecule has 0 spiro atoms. The normalized spacial score (nSPS) is 12.4. The van der Waals surface area contributed by atoms with Crippen molar-refractivity contribution in [1.82, 2.24) is 10.2 Å². The van der Waals surface area contributed by atoms with Gasteiger partial charge >= 0.3 is 0 Å². The van der Waals surface area contributed by atoms with E-state index in [1.54, 1.807) is 0 Å². The van der Waals surface area contributed by atoms with Crippen molar-refractivity contribution in [3.63, 3.8) is 0 Å². The second-order valence-corrected chi connectivity index (χ2v) is 3.48. The van der Waals surface area contributed by atoms with Crippen molar-refractivity contribution in [2.75, 3.05) is 19.0 Å². The van der Waals surface area contributed by atoms with Gasteiger partial charge in [0, 0.05) is 25.4 Å². The fourth-order valence-electron chi connectivity index (χ4n) is 1.34. The molecule has 1 amide bonds. The number of rotatable bonds is 6. The van der Waals surface area contributed by atoms with Gasteiger partial charge in [0.25, 0.3) is 5.91 Å². The van der Waals surface area contributed by atoms with Crippen LogP contribution < -0.4 is 11.1 Å². The Morgan fingerprint density at radius 1 is 1.75 bits per heavy atom. The van der Waals surface area contributed by atoms with E-state index < -0.39 is 6.10 Å². The number of hydrogen-bond acceptors (Lipinski definition) is 4. The third-order valence-corrected chi connectivity index (χ3v) is 2.19. The Morgan fingerprint density at radius 2 is 2.50 bits per heavy atom. The topological polar surface area (TPSA) is 93.0 Å². The molecule has 0 aliphatic carbocycles. The van der Waals surface area contributed by atoms with Crippen LogP contribution in [0.4, 0.5) is 5.82 Å². The molecular weight excluding hydrogens is 208 g/mol. The summed E-state index contributed by atoms with van der Waals surface area (Å²) in [6.45, 7) is 2.23. The van der Waals surface area contributed by atoms with E-state index in [1.165, 1.54) is 7.11 Å². The fourth-order valence-corrected chi connectivity index (χ4v) is 1.34. The Kier molecular flexibility index (Phi) is 4.94. The van der Waals surface area contributed by atoms with Crippen molar-refractivity contribution in [3.8, 4) is 0 Å². The van der Waals surface area contributed by atoms with Gasteiger partial charge in [0.15, 0.2) is 5.82 Å². The summed E-state index contributed by atoms with van der Waals surface area (Å²) in [6, 6.07) is 1.81. The van der Waals surface area contributed by atoms with Crippen molar-refractivity contribution < 1.29 is 9.53 Å². The number of H-pyrrole nitrogens is 1. The molecule has 0 aliphatic heterocycles. The summed E-state index contributed by atoms with van der Waals surface area (Å²) in [7, 11) is 1.45. The van der Waals surface area contributed by atoms with E-state index in [2.05, 4.69) is 22.4 Å². The van der Waals surface area contributed by atoms with Gasteiger partial charge in [-0.25, -0.2) is 0 Å². The van der Waals surface area contributed by atoms with Gasteiger partial charge in [0.05, 0.1) is 0 Å². The monoisotopic (exact) mass is 226 g/mol. The van der Waals surface area contributed by atoms with Crippen molar-refractivity contribution in [2.45, 2.75) is 25.9 Å². The third-order valence-electron chi connectivity index (χ3n) is 2.19. The predicted octanol–water partition coefficient (Wildman–Crippen LogP) is 0.274. The quantitative estimate of drug-likeness (QED) is 0.649. The number of aryl methyl sites for hydroxylation is 1. The van der Waals surface area contributed by atoms with Gasteiger partial charge in [-0.15, -0.1) is 0 Å². The molecular formula is C10H18N4O2. The summed E-state index contributed by atoms with van der Waals surface area (Å²) < 4.78 is 4.91. The average Bonchev–Trinajstić information content (AvgIpc) is 2.68. The summed E-state index contributed by atoms with van der Waals surface area (Å²) in [6.07, 6.45) is 1.30. The molecule has 0 saturated heterocycles. The number of methoxy groups -OCH3 is 1. The molecule has 1 unspecified atom stereocenters. The second kappa shape index (κ2) is 6.24. The van der Waals surface area contributed by atoms with Crippen LogP contribution in [0.3, 0.4) is 0 Å². The Balaban J connectivity index is 2.55. The van der Waals surface area contributed by atoms with Crippen LogP contribution >= 0.6 is 0 Å². The lowest BCUT2D eigenvalue weighted by molar-refractivity contribution is -0.125. The minimum Gasteiger partial charge on any atom is -0.370 e. The number of nitrogens with zero attached hydrogens (tertiary/aromatic N) is 1. The van der Waals surface area contributed by atoms with Crippen LogP contribution in [0.15, 0.2) is 6.07 Å². The molecule has 16 heavy (non-hydrogen) atoms. The standard InChI is InChI=1S/C10H18N4O2/c1-3-4-7-5-9(14-13-7)12-10(15)8(6-11)16-2/h5,8H,3-4,6,11H2,1-2H3,(H2,12,13,14,15). The zero-order valence-corrected chi connectivity index (χ0v) is 9.62. The number of carbonyl (C=O) groups is 1. The number of hydrogen-bond donors (Lipinski definition) is 3. The van der Waals surface area contributed by atoms with Crippen LogP contribution in [0, 0.1) is 0 Å². The first-order chi connectivity index (χ1) is 7.71. The molecule has 1 rings (SSSR count). The van der Waals surface area contributed by atoms with Crippen LogP contribution in [-0.2, 0) is 16.0 Å². The molecule has 0 bridgehead atoms. The number of aromatic amines is 1. The molecule has 1 aromatic heterocycles. The Labute approximate surface area is 94.5 Å². The van der Waals surface area contributed by atoms with Crippen LogP contribution in [-0.4, -0.2) is 35.9 Å². The number of amides is 1. The van der Waals surface area contributed by atoms with Crippen molar-refractivity contribution in [2.24, 2.45) is 5.73 Å². The van der Waals surface area contributed by atoms with Crippen molar-refractivity contribution in [3.05, 3.63) is 11.8 Å². The average molecular weight is 226 g/mol. The summed E-state index contributed by atoms with van der Waals surface area (Å²) in [5.41, 5.74) is 6.38. The molecule has 90 valence electrons. The number of aromatic nitrogens is 2. The van der Waals surface area contributed by atoms with E-state index in [0.29, 0.717) is 5.82 Å². The molecule has 1 aromatic rings. The third kappa shape index (κ3) is 3.32. The summed E-state index contributed by atoms with van der Waals surface area (Å²) in [4.78, 5) is 11.6. The Hall–Kier alpha value is -1.40. The van der Waals surface area contributed by atoms with Gasteiger partial charge in [0.2, 0.25) is 0 Å². The van der Waals surface area contributed by atoms with E-state index in [0.717, 1.165) is 18.5 Å². The van der Waals surface area contributed by atoms with Crippen LogP contribution in [0.25, 0.3) is 0 Å². The minimum absolute atomic E-state index is 0.147. The summed E-state index contributed by atoms with van der Waals surface area (Å²) in [5.74, 6) is 0.225.